The Hall–Kier alpha value is -1.50. The maximum absolute atomic E-state index is 13.4. The second-order valence-electron chi connectivity index (χ2n) is 9.42. The van der Waals surface area contributed by atoms with Gasteiger partial charge in [0.05, 0.1) is 10.0 Å². The summed E-state index contributed by atoms with van der Waals surface area (Å²) in [5, 5.41) is 1.56. The third kappa shape index (κ3) is 6.44. The highest BCUT2D eigenvalue weighted by atomic mass is 35.5. The third-order valence-corrected chi connectivity index (χ3v) is 8.23. The van der Waals surface area contributed by atoms with Gasteiger partial charge in [0, 0.05) is 48.6 Å². The van der Waals surface area contributed by atoms with E-state index in [-0.39, 0.29) is 42.1 Å². The second kappa shape index (κ2) is 12.2. The molecule has 2 aromatic rings. The minimum Gasteiger partial charge on any atom is -0.342 e. The summed E-state index contributed by atoms with van der Waals surface area (Å²) in [7, 11) is 3.93. The summed E-state index contributed by atoms with van der Waals surface area (Å²) < 4.78 is 0. The number of benzene rings is 2. The number of carbonyl (C=O) groups is 2. The Bertz CT molecular complexity index is 1040. The molecule has 190 valence electrons. The number of amides is 2. The van der Waals surface area contributed by atoms with E-state index in [0.717, 1.165) is 31.5 Å². The van der Waals surface area contributed by atoms with Gasteiger partial charge in [0.2, 0.25) is 5.91 Å². The summed E-state index contributed by atoms with van der Waals surface area (Å²) in [6.07, 6.45) is 2.47. The zero-order valence-corrected chi connectivity index (χ0v) is 23.0. The average molecular weight is 559 g/mol. The highest BCUT2D eigenvalue weighted by molar-refractivity contribution is 6.42. The maximum Gasteiger partial charge on any atom is 0.253 e. The highest BCUT2D eigenvalue weighted by Crippen LogP contribution is 2.35. The van der Waals surface area contributed by atoms with E-state index in [0.29, 0.717) is 40.1 Å². The lowest BCUT2D eigenvalue weighted by Gasteiger charge is -2.44. The molecule has 5 nitrogen and oxygen atoms in total. The number of likely N-dealkylation sites (N-methyl/N-ethyl adjacent to an activating group) is 1. The molecule has 9 heteroatoms. The first-order valence-corrected chi connectivity index (χ1v) is 12.8. The zero-order valence-electron chi connectivity index (χ0n) is 19.9. The molecule has 2 aliphatic heterocycles. The van der Waals surface area contributed by atoms with Crippen LogP contribution < -0.4 is 0 Å². The lowest BCUT2D eigenvalue weighted by atomic mass is 9.83. The average Bonchev–Trinajstić information content (AvgIpc) is 2.85. The van der Waals surface area contributed by atoms with Crippen molar-refractivity contribution >= 4 is 59.0 Å². The van der Waals surface area contributed by atoms with Gasteiger partial charge in [-0.2, -0.15) is 0 Å². The Morgan fingerprint density at radius 2 is 1.57 bits per heavy atom. The second-order valence-corrected chi connectivity index (χ2v) is 10.7. The predicted molar refractivity (Wildman–Crippen MR) is 145 cm³/mol. The van der Waals surface area contributed by atoms with E-state index in [9.17, 15) is 9.59 Å². The van der Waals surface area contributed by atoms with Crippen LogP contribution >= 0.6 is 47.2 Å². The van der Waals surface area contributed by atoms with Crippen molar-refractivity contribution in [3.63, 3.8) is 0 Å². The summed E-state index contributed by atoms with van der Waals surface area (Å²) >= 11 is 18.5. The number of carbonyl (C=O) groups excluding carboxylic acids is 2. The van der Waals surface area contributed by atoms with E-state index >= 15 is 0 Å². The molecule has 2 amide bonds. The number of halogens is 4. The maximum atomic E-state index is 13.4. The summed E-state index contributed by atoms with van der Waals surface area (Å²) in [5.74, 6) is 0.153. The van der Waals surface area contributed by atoms with E-state index < -0.39 is 0 Å². The van der Waals surface area contributed by atoms with Gasteiger partial charge in [-0.3, -0.25) is 9.59 Å². The molecular weight excluding hydrogens is 528 g/mol. The Kier molecular flexibility index (Phi) is 9.75. The van der Waals surface area contributed by atoms with E-state index in [4.69, 9.17) is 34.8 Å². The Balaban J connectivity index is 0.00000342. The van der Waals surface area contributed by atoms with Crippen LogP contribution in [-0.4, -0.2) is 72.8 Å². The molecule has 2 saturated heterocycles. The van der Waals surface area contributed by atoms with Crippen LogP contribution in [0, 0.1) is 5.92 Å². The number of rotatable bonds is 4. The molecular formula is C26H31Cl4N3O2. The van der Waals surface area contributed by atoms with Crippen LogP contribution in [0.15, 0.2) is 42.5 Å². The summed E-state index contributed by atoms with van der Waals surface area (Å²) in [5.41, 5.74) is 1.57. The van der Waals surface area contributed by atoms with Crippen molar-refractivity contribution < 1.29 is 9.59 Å². The van der Waals surface area contributed by atoms with Gasteiger partial charge in [0.25, 0.3) is 5.91 Å². The van der Waals surface area contributed by atoms with Crippen LogP contribution in [-0.2, 0) is 4.79 Å². The number of hydrogen-bond donors (Lipinski definition) is 0. The molecule has 2 heterocycles. The number of likely N-dealkylation sites (tertiary alicyclic amines) is 2. The van der Waals surface area contributed by atoms with Crippen LogP contribution in [0.25, 0.3) is 0 Å². The lowest BCUT2D eigenvalue weighted by Crippen LogP contribution is -2.53. The van der Waals surface area contributed by atoms with Crippen molar-refractivity contribution in [3.8, 4) is 0 Å². The molecule has 2 aliphatic rings. The largest absolute Gasteiger partial charge is 0.342 e. The zero-order chi connectivity index (χ0) is 24.4. The molecule has 0 unspecified atom stereocenters. The van der Waals surface area contributed by atoms with E-state index in [2.05, 4.69) is 11.9 Å². The molecule has 35 heavy (non-hydrogen) atoms. The molecule has 0 N–H and O–H groups in total. The minimum atomic E-state index is -0.0815. The van der Waals surface area contributed by atoms with Gasteiger partial charge in [-0.25, -0.2) is 0 Å². The molecule has 2 atom stereocenters. The number of hydrogen-bond acceptors (Lipinski definition) is 3. The summed E-state index contributed by atoms with van der Waals surface area (Å²) in [6, 6.07) is 12.5. The van der Waals surface area contributed by atoms with Crippen LogP contribution in [0.3, 0.4) is 0 Å². The van der Waals surface area contributed by atoms with Gasteiger partial charge >= 0.3 is 0 Å². The Labute approximate surface area is 228 Å². The number of nitrogens with zero attached hydrogens (tertiary/aromatic N) is 3. The summed E-state index contributed by atoms with van der Waals surface area (Å²) in [4.78, 5) is 32.7. The van der Waals surface area contributed by atoms with Gasteiger partial charge in [0.15, 0.2) is 0 Å². The molecule has 0 saturated carbocycles. The van der Waals surface area contributed by atoms with Crippen molar-refractivity contribution in [2.75, 3.05) is 40.3 Å². The quantitative estimate of drug-likeness (QED) is 0.471. The van der Waals surface area contributed by atoms with Crippen molar-refractivity contribution in [2.24, 2.45) is 5.92 Å². The van der Waals surface area contributed by atoms with Gasteiger partial charge in [-0.15, -0.1) is 12.4 Å². The van der Waals surface area contributed by atoms with E-state index in [1.54, 1.807) is 35.2 Å². The van der Waals surface area contributed by atoms with Gasteiger partial charge < -0.3 is 14.7 Å². The fraction of sp³-hybridized carbons (Fsp3) is 0.462. The monoisotopic (exact) mass is 557 g/mol. The topological polar surface area (TPSA) is 43.9 Å². The van der Waals surface area contributed by atoms with E-state index in [1.807, 2.05) is 24.1 Å². The predicted octanol–water partition coefficient (Wildman–Crippen LogP) is 5.87. The Morgan fingerprint density at radius 3 is 2.20 bits per heavy atom. The molecule has 2 fully saturated rings. The smallest absolute Gasteiger partial charge is 0.253 e. The minimum absolute atomic E-state index is 0. The Morgan fingerprint density at radius 1 is 0.914 bits per heavy atom. The van der Waals surface area contributed by atoms with E-state index in [1.165, 1.54) is 0 Å². The molecule has 0 radical (unpaired) electrons. The fourth-order valence-electron chi connectivity index (χ4n) is 5.13. The molecule has 0 aromatic heterocycles. The molecule has 2 aromatic carbocycles. The number of piperidine rings is 2. The van der Waals surface area contributed by atoms with Crippen molar-refractivity contribution in [1.29, 1.82) is 0 Å². The first kappa shape index (κ1) is 28.1. The highest BCUT2D eigenvalue weighted by Gasteiger charge is 2.38. The van der Waals surface area contributed by atoms with Gasteiger partial charge in [-0.1, -0.05) is 40.9 Å². The van der Waals surface area contributed by atoms with Crippen LogP contribution in [0.1, 0.15) is 41.1 Å². The van der Waals surface area contributed by atoms with Crippen LogP contribution in [0.2, 0.25) is 15.1 Å². The molecule has 4 rings (SSSR count). The van der Waals surface area contributed by atoms with Crippen LogP contribution in [0.5, 0.6) is 0 Å². The third-order valence-electron chi connectivity index (χ3n) is 7.24. The van der Waals surface area contributed by atoms with Gasteiger partial charge in [0.1, 0.15) is 0 Å². The van der Waals surface area contributed by atoms with Crippen molar-refractivity contribution in [3.05, 3.63) is 68.7 Å². The van der Waals surface area contributed by atoms with Crippen molar-refractivity contribution in [2.45, 2.75) is 31.2 Å². The fourth-order valence-corrected chi connectivity index (χ4v) is 5.57. The molecule has 0 spiro atoms. The van der Waals surface area contributed by atoms with Crippen LogP contribution in [0.4, 0.5) is 0 Å². The normalized spacial score (nSPS) is 21.3. The van der Waals surface area contributed by atoms with Crippen molar-refractivity contribution in [1.82, 2.24) is 14.7 Å². The lowest BCUT2D eigenvalue weighted by molar-refractivity contribution is -0.138. The first-order valence-electron chi connectivity index (χ1n) is 11.7. The summed E-state index contributed by atoms with van der Waals surface area (Å²) in [6.45, 7) is 3.07. The van der Waals surface area contributed by atoms with Gasteiger partial charge in [-0.05, 0) is 81.4 Å². The molecule has 0 aliphatic carbocycles. The standard InChI is InChI=1S/C26H30Cl3N3O2.ClH/c1-30-12-9-18(10-13-30)26(34)32-14-11-24(21(16-32)19-5-8-22(28)23(29)15-19)31(2)25(33)17-3-6-20(27)7-4-17;/h3-8,15,18,21,24H,9-14,16H2,1-2H3;1H/t21-,24+;/m0./s1. The SMILES string of the molecule is CN1CCC(C(=O)N2CC[C@@H](N(C)C(=O)c3ccc(Cl)cc3)[C@H](c3ccc(Cl)c(Cl)c3)C2)CC1.Cl. The first-order chi connectivity index (χ1) is 16.2. The molecule has 0 bridgehead atoms.